The fraction of sp³-hybridized carbons (Fsp3) is 0.765. The predicted molar refractivity (Wildman–Crippen MR) is 108 cm³/mol. The molecule has 1 rings (SSSR count). The third-order valence-electron chi connectivity index (χ3n) is 3.92. The Morgan fingerprint density at radius 1 is 1.30 bits per heavy atom. The van der Waals surface area contributed by atoms with Gasteiger partial charge in [0.05, 0.1) is 12.2 Å². The van der Waals surface area contributed by atoms with Crippen molar-refractivity contribution in [3.63, 3.8) is 0 Å². The minimum Gasteiger partial charge on any atom is -0.359 e. The van der Waals surface area contributed by atoms with Gasteiger partial charge in [-0.25, -0.2) is 0 Å². The van der Waals surface area contributed by atoms with Gasteiger partial charge in [-0.1, -0.05) is 52.1 Å². The average Bonchev–Trinajstić information content (AvgIpc) is 2.99. The molecule has 0 spiro atoms. The number of nitrogens with zero attached hydrogens (tertiary/aromatic N) is 2. The van der Waals surface area contributed by atoms with Crippen molar-refractivity contribution in [3.05, 3.63) is 17.5 Å². The Kier molecular flexibility index (Phi) is 12.2. The number of aromatic nitrogens is 1. The zero-order valence-electron chi connectivity index (χ0n) is 15.2. The first kappa shape index (κ1) is 22.2. The van der Waals surface area contributed by atoms with Crippen molar-refractivity contribution >= 4 is 29.9 Å². The van der Waals surface area contributed by atoms with E-state index in [1.54, 1.807) is 7.05 Å². The van der Waals surface area contributed by atoms with Gasteiger partial charge in [-0.3, -0.25) is 4.99 Å². The lowest BCUT2D eigenvalue weighted by atomic mass is 9.99. The second-order valence-electron chi connectivity index (χ2n) is 6.10. The third kappa shape index (κ3) is 8.58. The van der Waals surface area contributed by atoms with E-state index >= 15 is 0 Å². The summed E-state index contributed by atoms with van der Waals surface area (Å²) in [5.74, 6) is 2.75. The molecule has 1 aromatic heterocycles. The maximum atomic E-state index is 5.33. The minimum atomic E-state index is 0. The van der Waals surface area contributed by atoms with Gasteiger partial charge < -0.3 is 15.2 Å². The van der Waals surface area contributed by atoms with Crippen LogP contribution in [0.2, 0.25) is 0 Å². The molecule has 0 bridgehead atoms. The van der Waals surface area contributed by atoms with Crippen molar-refractivity contribution in [3.8, 4) is 0 Å². The van der Waals surface area contributed by atoms with E-state index in [1.165, 1.54) is 25.7 Å². The number of unbranched alkanes of at least 4 members (excludes halogenated alkanes) is 1. The van der Waals surface area contributed by atoms with Gasteiger partial charge in [-0.2, -0.15) is 0 Å². The van der Waals surface area contributed by atoms with Crippen LogP contribution in [0.4, 0.5) is 0 Å². The molecule has 1 heterocycles. The Morgan fingerprint density at radius 2 is 2.04 bits per heavy atom. The van der Waals surface area contributed by atoms with Crippen molar-refractivity contribution in [2.75, 3.05) is 13.6 Å². The summed E-state index contributed by atoms with van der Waals surface area (Å²) >= 11 is 0. The van der Waals surface area contributed by atoms with E-state index in [1.807, 2.05) is 6.07 Å². The summed E-state index contributed by atoms with van der Waals surface area (Å²) in [6.07, 6.45) is 5.02. The van der Waals surface area contributed by atoms with E-state index in [0.717, 1.165) is 24.0 Å². The number of hydrogen-bond donors (Lipinski definition) is 2. The van der Waals surface area contributed by atoms with Gasteiger partial charge in [0, 0.05) is 19.7 Å². The molecule has 0 aliphatic carbocycles. The van der Waals surface area contributed by atoms with Crippen molar-refractivity contribution in [2.45, 2.75) is 65.8 Å². The van der Waals surface area contributed by atoms with Gasteiger partial charge in [0.2, 0.25) is 0 Å². The molecule has 1 atom stereocenters. The zero-order chi connectivity index (χ0) is 16.4. The first-order valence-corrected chi connectivity index (χ1v) is 8.50. The molecule has 0 radical (unpaired) electrons. The van der Waals surface area contributed by atoms with E-state index in [0.29, 0.717) is 18.4 Å². The van der Waals surface area contributed by atoms with Gasteiger partial charge >= 0.3 is 0 Å². The first-order chi connectivity index (χ1) is 10.6. The average molecular weight is 436 g/mol. The van der Waals surface area contributed by atoms with Crippen LogP contribution in [0.3, 0.4) is 0 Å². The maximum Gasteiger partial charge on any atom is 0.191 e. The highest BCUT2D eigenvalue weighted by molar-refractivity contribution is 14.0. The summed E-state index contributed by atoms with van der Waals surface area (Å²) in [6.45, 7) is 10.3. The fourth-order valence-electron chi connectivity index (χ4n) is 2.26. The SMILES string of the molecule is CCCCC(CC)CNC(=NC)NCc1cc(C(C)C)no1.I. The molecule has 1 unspecified atom stereocenters. The lowest BCUT2D eigenvalue weighted by Crippen LogP contribution is -2.39. The Labute approximate surface area is 158 Å². The second kappa shape index (κ2) is 12.6. The van der Waals surface area contributed by atoms with Crippen LogP contribution in [0.15, 0.2) is 15.6 Å². The molecule has 0 amide bonds. The number of aliphatic imine (C=N–C) groups is 1. The molecule has 0 saturated carbocycles. The Balaban J connectivity index is 0.00000484. The molecular weight excluding hydrogens is 403 g/mol. The molecule has 0 aliphatic rings. The molecule has 0 aliphatic heterocycles. The highest BCUT2D eigenvalue weighted by Gasteiger charge is 2.09. The monoisotopic (exact) mass is 436 g/mol. The van der Waals surface area contributed by atoms with E-state index in [-0.39, 0.29) is 24.0 Å². The van der Waals surface area contributed by atoms with Crippen molar-refractivity contribution in [2.24, 2.45) is 10.9 Å². The molecule has 2 N–H and O–H groups in total. The van der Waals surface area contributed by atoms with Gasteiger partial charge in [-0.05, 0) is 18.3 Å². The number of nitrogens with one attached hydrogen (secondary N) is 2. The molecule has 0 saturated heterocycles. The molecule has 1 aromatic rings. The highest BCUT2D eigenvalue weighted by Crippen LogP contribution is 2.14. The number of rotatable bonds is 9. The molecule has 5 nitrogen and oxygen atoms in total. The zero-order valence-corrected chi connectivity index (χ0v) is 17.5. The normalized spacial score (nSPS) is 12.9. The van der Waals surface area contributed by atoms with Crippen LogP contribution in [0.25, 0.3) is 0 Å². The second-order valence-corrected chi connectivity index (χ2v) is 6.10. The van der Waals surface area contributed by atoms with Crippen LogP contribution in [-0.2, 0) is 6.54 Å². The largest absolute Gasteiger partial charge is 0.359 e. The van der Waals surface area contributed by atoms with Crippen molar-refractivity contribution < 1.29 is 4.52 Å². The predicted octanol–water partition coefficient (Wildman–Crippen LogP) is 4.30. The number of halogens is 1. The van der Waals surface area contributed by atoms with Crippen LogP contribution in [0.5, 0.6) is 0 Å². The minimum absolute atomic E-state index is 0. The van der Waals surface area contributed by atoms with E-state index in [9.17, 15) is 0 Å². The smallest absolute Gasteiger partial charge is 0.191 e. The van der Waals surface area contributed by atoms with Crippen LogP contribution >= 0.6 is 24.0 Å². The van der Waals surface area contributed by atoms with Crippen LogP contribution in [0, 0.1) is 5.92 Å². The van der Waals surface area contributed by atoms with Crippen molar-refractivity contribution in [1.82, 2.24) is 15.8 Å². The summed E-state index contributed by atoms with van der Waals surface area (Å²) in [7, 11) is 1.79. The lowest BCUT2D eigenvalue weighted by Gasteiger charge is -2.17. The Morgan fingerprint density at radius 3 is 2.57 bits per heavy atom. The summed E-state index contributed by atoms with van der Waals surface area (Å²) in [6, 6.07) is 2.00. The van der Waals surface area contributed by atoms with Gasteiger partial charge in [0.1, 0.15) is 0 Å². The van der Waals surface area contributed by atoms with E-state index in [4.69, 9.17) is 4.52 Å². The van der Waals surface area contributed by atoms with Crippen molar-refractivity contribution in [1.29, 1.82) is 0 Å². The molecule has 23 heavy (non-hydrogen) atoms. The molecule has 134 valence electrons. The maximum absolute atomic E-state index is 5.33. The molecule has 0 aromatic carbocycles. The van der Waals surface area contributed by atoms with Crippen LogP contribution in [-0.4, -0.2) is 24.7 Å². The van der Waals surface area contributed by atoms with E-state index < -0.39 is 0 Å². The first-order valence-electron chi connectivity index (χ1n) is 8.50. The Hall–Kier alpha value is -0.790. The van der Waals surface area contributed by atoms with Gasteiger partial charge in [0.25, 0.3) is 0 Å². The molecule has 6 heteroatoms. The number of hydrogen-bond acceptors (Lipinski definition) is 3. The summed E-state index contributed by atoms with van der Waals surface area (Å²) in [5, 5.41) is 10.8. The quantitative estimate of drug-likeness (QED) is 0.344. The Bertz CT molecular complexity index is 446. The van der Waals surface area contributed by atoms with Gasteiger partial charge in [-0.15, -0.1) is 24.0 Å². The molecule has 0 fully saturated rings. The van der Waals surface area contributed by atoms with Crippen LogP contribution in [0.1, 0.15) is 70.8 Å². The fourth-order valence-corrected chi connectivity index (χ4v) is 2.26. The molecular formula is C17H33IN4O. The van der Waals surface area contributed by atoms with Crippen LogP contribution < -0.4 is 10.6 Å². The highest BCUT2D eigenvalue weighted by atomic mass is 127. The summed E-state index contributed by atoms with van der Waals surface area (Å²) < 4.78 is 5.33. The topological polar surface area (TPSA) is 62.5 Å². The van der Waals surface area contributed by atoms with Gasteiger partial charge in [0.15, 0.2) is 11.7 Å². The lowest BCUT2D eigenvalue weighted by molar-refractivity contribution is 0.371. The summed E-state index contributed by atoms with van der Waals surface area (Å²) in [4.78, 5) is 4.26. The third-order valence-corrected chi connectivity index (χ3v) is 3.92. The summed E-state index contributed by atoms with van der Waals surface area (Å²) in [5.41, 5.74) is 0.991. The van der Waals surface area contributed by atoms with E-state index in [2.05, 4.69) is 48.5 Å². The standard InChI is InChI=1S/C17H32N4O.HI/c1-6-8-9-14(7-2)11-19-17(18-5)20-12-15-10-16(13(3)4)21-22-15;/h10,13-14H,6-9,11-12H2,1-5H3,(H2,18,19,20);1H. The number of guanidine groups is 1.